The van der Waals surface area contributed by atoms with E-state index in [0.717, 1.165) is 30.0 Å². The highest BCUT2D eigenvalue weighted by atomic mass is 35.7. The molecule has 2 aliphatic rings. The number of halogens is 1. The van der Waals surface area contributed by atoms with Gasteiger partial charge in [-0.05, 0) is 18.3 Å². The number of β-lactam (4-membered cyclic amide) rings is 1. The number of rotatable bonds is 1. The SMILES string of the molecule is CC1(C)CCCCC12CC(=O)N2S(=O)(=O)Cl. The maximum atomic E-state index is 11.5. The van der Waals surface area contributed by atoms with E-state index in [4.69, 9.17) is 10.7 Å². The molecule has 1 spiro atoms. The minimum absolute atomic E-state index is 0.179. The third-order valence-corrected chi connectivity index (χ3v) is 5.58. The van der Waals surface area contributed by atoms with Crippen molar-refractivity contribution >= 4 is 25.8 Å². The van der Waals surface area contributed by atoms with Gasteiger partial charge in [0.05, 0.1) is 12.0 Å². The maximum Gasteiger partial charge on any atom is 0.324 e. The summed E-state index contributed by atoms with van der Waals surface area (Å²) in [6.07, 6.45) is 4.02. The lowest BCUT2D eigenvalue weighted by Gasteiger charge is -2.60. The van der Waals surface area contributed by atoms with Crippen molar-refractivity contribution in [1.29, 1.82) is 0 Å². The van der Waals surface area contributed by atoms with Gasteiger partial charge < -0.3 is 0 Å². The first-order valence-electron chi connectivity index (χ1n) is 5.49. The summed E-state index contributed by atoms with van der Waals surface area (Å²) in [5.41, 5.74) is -0.746. The zero-order valence-corrected chi connectivity index (χ0v) is 11.1. The number of hydrogen-bond acceptors (Lipinski definition) is 3. The molecule has 0 aromatic carbocycles. The van der Waals surface area contributed by atoms with E-state index in [1.165, 1.54) is 0 Å². The van der Waals surface area contributed by atoms with Gasteiger partial charge in [0, 0.05) is 10.7 Å². The topological polar surface area (TPSA) is 54.5 Å². The Bertz CT molecular complexity index is 431. The van der Waals surface area contributed by atoms with Crippen LogP contribution in [0.25, 0.3) is 0 Å². The quantitative estimate of drug-likeness (QED) is 0.539. The lowest BCUT2D eigenvalue weighted by molar-refractivity contribution is -0.159. The lowest BCUT2D eigenvalue weighted by atomic mass is 9.58. The van der Waals surface area contributed by atoms with Gasteiger partial charge >= 0.3 is 9.24 Å². The van der Waals surface area contributed by atoms with E-state index in [2.05, 4.69) is 0 Å². The van der Waals surface area contributed by atoms with Crippen LogP contribution in [0.2, 0.25) is 0 Å². The van der Waals surface area contributed by atoms with E-state index in [1.54, 1.807) is 0 Å². The highest BCUT2D eigenvalue weighted by Gasteiger charge is 2.63. The smallest absolute Gasteiger partial charge is 0.274 e. The molecule has 0 radical (unpaired) electrons. The standard InChI is InChI=1S/C10H16ClNO3S/c1-9(2)5-3-4-6-10(9)7-8(13)12(10)16(11,14)15/h3-7H2,1-2H3. The highest BCUT2D eigenvalue weighted by Crippen LogP contribution is 2.56. The number of nitrogens with zero attached hydrogens (tertiary/aromatic N) is 1. The Hall–Kier alpha value is -0.290. The molecular formula is C10H16ClNO3S. The third-order valence-electron chi connectivity index (χ3n) is 4.18. The molecule has 4 nitrogen and oxygen atoms in total. The van der Waals surface area contributed by atoms with Crippen LogP contribution in [0, 0.1) is 5.41 Å². The minimum Gasteiger partial charge on any atom is -0.274 e. The first kappa shape index (κ1) is 12.2. The van der Waals surface area contributed by atoms with Crippen molar-refractivity contribution in [3.63, 3.8) is 0 Å². The number of carbonyl (C=O) groups excluding carboxylic acids is 1. The molecule has 1 aliphatic heterocycles. The normalized spacial score (nSPS) is 33.9. The molecule has 1 aliphatic carbocycles. The van der Waals surface area contributed by atoms with Crippen LogP contribution in [-0.2, 0) is 14.0 Å². The van der Waals surface area contributed by atoms with Gasteiger partial charge in [-0.1, -0.05) is 26.7 Å². The first-order chi connectivity index (χ1) is 7.21. The Morgan fingerprint density at radius 2 is 1.81 bits per heavy atom. The number of carbonyl (C=O) groups is 1. The molecule has 1 unspecified atom stereocenters. The Morgan fingerprint density at radius 1 is 1.25 bits per heavy atom. The summed E-state index contributed by atoms with van der Waals surface area (Å²) in [4.78, 5) is 11.5. The summed E-state index contributed by atoms with van der Waals surface area (Å²) in [7, 11) is 1.42. The molecule has 2 fully saturated rings. The van der Waals surface area contributed by atoms with E-state index in [1.807, 2.05) is 13.8 Å². The van der Waals surface area contributed by atoms with Crippen LogP contribution in [-0.4, -0.2) is 24.2 Å². The molecule has 6 heteroatoms. The molecule has 0 N–H and O–H groups in total. The molecule has 0 aromatic heterocycles. The van der Waals surface area contributed by atoms with Crippen molar-refractivity contribution in [2.45, 2.75) is 51.5 Å². The zero-order valence-electron chi connectivity index (χ0n) is 9.49. The van der Waals surface area contributed by atoms with E-state index in [9.17, 15) is 13.2 Å². The van der Waals surface area contributed by atoms with Crippen LogP contribution in [0.5, 0.6) is 0 Å². The highest BCUT2D eigenvalue weighted by molar-refractivity contribution is 8.12. The third kappa shape index (κ3) is 1.48. The summed E-state index contributed by atoms with van der Waals surface area (Å²) in [6, 6.07) is 0. The minimum atomic E-state index is -3.94. The largest absolute Gasteiger partial charge is 0.324 e. The molecule has 1 saturated heterocycles. The molecule has 92 valence electrons. The molecule has 0 bridgehead atoms. The molecular weight excluding hydrogens is 250 g/mol. The Balaban J connectivity index is 2.42. The van der Waals surface area contributed by atoms with E-state index >= 15 is 0 Å². The predicted octanol–water partition coefficient (Wildman–Crippen LogP) is 2.04. The van der Waals surface area contributed by atoms with E-state index in [-0.39, 0.29) is 11.3 Å². The van der Waals surface area contributed by atoms with E-state index < -0.39 is 14.8 Å². The first-order valence-corrected chi connectivity index (χ1v) is 7.75. The van der Waals surface area contributed by atoms with Crippen molar-refractivity contribution in [1.82, 2.24) is 4.31 Å². The second-order valence-corrected chi connectivity index (χ2v) is 7.76. The fraction of sp³-hybridized carbons (Fsp3) is 0.900. The summed E-state index contributed by atoms with van der Waals surface area (Å²) >= 11 is 0. The number of amides is 1. The average Bonchev–Trinajstić information content (AvgIpc) is 2.04. The van der Waals surface area contributed by atoms with Crippen LogP contribution in [0.4, 0.5) is 0 Å². The van der Waals surface area contributed by atoms with Gasteiger partial charge in [-0.25, -0.2) is 4.31 Å². The van der Waals surface area contributed by atoms with Gasteiger partial charge in [-0.2, -0.15) is 8.42 Å². The van der Waals surface area contributed by atoms with Gasteiger partial charge in [0.2, 0.25) is 5.91 Å². The monoisotopic (exact) mass is 265 g/mol. The van der Waals surface area contributed by atoms with Crippen LogP contribution >= 0.6 is 10.7 Å². The van der Waals surface area contributed by atoms with Crippen molar-refractivity contribution in [2.24, 2.45) is 5.41 Å². The summed E-state index contributed by atoms with van der Waals surface area (Å²) in [5.74, 6) is -0.370. The fourth-order valence-electron chi connectivity index (χ4n) is 3.13. The van der Waals surface area contributed by atoms with Gasteiger partial charge in [0.15, 0.2) is 0 Å². The predicted molar refractivity (Wildman–Crippen MR) is 61.2 cm³/mol. The van der Waals surface area contributed by atoms with Gasteiger partial charge in [-0.3, -0.25) is 4.79 Å². The fourth-order valence-corrected chi connectivity index (χ4v) is 4.89. The van der Waals surface area contributed by atoms with Crippen molar-refractivity contribution in [2.75, 3.05) is 0 Å². The molecule has 1 saturated carbocycles. The van der Waals surface area contributed by atoms with Crippen LogP contribution in [0.3, 0.4) is 0 Å². The van der Waals surface area contributed by atoms with Gasteiger partial charge in [0.1, 0.15) is 0 Å². The molecule has 1 atom stereocenters. The molecule has 2 rings (SSSR count). The summed E-state index contributed by atoms with van der Waals surface area (Å²) in [6.45, 7) is 4.04. The molecule has 1 heterocycles. The van der Waals surface area contributed by atoms with E-state index in [0.29, 0.717) is 6.42 Å². The van der Waals surface area contributed by atoms with Crippen molar-refractivity contribution < 1.29 is 13.2 Å². The van der Waals surface area contributed by atoms with Crippen LogP contribution in [0.1, 0.15) is 46.0 Å². The summed E-state index contributed by atoms with van der Waals surface area (Å²) in [5, 5.41) is 0. The lowest BCUT2D eigenvalue weighted by Crippen LogP contribution is -2.71. The van der Waals surface area contributed by atoms with Crippen LogP contribution < -0.4 is 0 Å². The number of hydrogen-bond donors (Lipinski definition) is 0. The second kappa shape index (κ2) is 3.35. The Morgan fingerprint density at radius 3 is 2.25 bits per heavy atom. The maximum absolute atomic E-state index is 11.5. The molecule has 0 aromatic rings. The van der Waals surface area contributed by atoms with Crippen molar-refractivity contribution in [3.8, 4) is 0 Å². The molecule has 1 amide bonds. The summed E-state index contributed by atoms with van der Waals surface area (Å²) < 4.78 is 23.8. The second-order valence-electron chi connectivity index (χ2n) is 5.40. The van der Waals surface area contributed by atoms with Crippen molar-refractivity contribution in [3.05, 3.63) is 0 Å². The molecule has 16 heavy (non-hydrogen) atoms. The zero-order chi connectivity index (χ0) is 12.2. The Kier molecular flexibility index (Phi) is 2.55. The van der Waals surface area contributed by atoms with Gasteiger partial charge in [0.25, 0.3) is 0 Å². The average molecular weight is 266 g/mol. The van der Waals surface area contributed by atoms with Crippen LogP contribution in [0.15, 0.2) is 0 Å². The Labute approximate surface area is 101 Å². The van der Waals surface area contributed by atoms with Gasteiger partial charge in [-0.15, -0.1) is 0 Å².